The minimum absolute atomic E-state index is 0.384. The Kier molecular flexibility index (Phi) is 10.1. The molecule has 0 spiro atoms. The number of aryl methyl sites for hydroxylation is 1. The summed E-state index contributed by atoms with van der Waals surface area (Å²) in [6.45, 7) is 4.65. The number of hydrogen-bond acceptors (Lipinski definition) is 6. The van der Waals surface area contributed by atoms with Gasteiger partial charge in [0.25, 0.3) is 11.8 Å². The first-order valence-corrected chi connectivity index (χ1v) is 14.3. The van der Waals surface area contributed by atoms with E-state index < -0.39 is 18.1 Å². The van der Waals surface area contributed by atoms with E-state index in [1.54, 1.807) is 16.7 Å². The highest BCUT2D eigenvalue weighted by Crippen LogP contribution is 2.34. The second-order valence-corrected chi connectivity index (χ2v) is 11.4. The van der Waals surface area contributed by atoms with E-state index in [9.17, 15) is 14.7 Å². The van der Waals surface area contributed by atoms with Gasteiger partial charge < -0.3 is 25.0 Å². The van der Waals surface area contributed by atoms with Gasteiger partial charge >= 0.3 is 0 Å². The van der Waals surface area contributed by atoms with Crippen molar-refractivity contribution in [1.29, 1.82) is 0 Å². The number of nitrogens with one attached hydrogen (secondary N) is 1. The summed E-state index contributed by atoms with van der Waals surface area (Å²) in [4.78, 5) is 29.5. The number of nitrogens with zero attached hydrogens (tertiary/aromatic N) is 2. The summed E-state index contributed by atoms with van der Waals surface area (Å²) in [5.74, 6) is -0.971. The molecule has 1 saturated heterocycles. The molecule has 2 aliphatic rings. The number of carbonyl (C=O) groups excluding carboxylic acids is 2. The average molecular weight is 558 g/mol. The van der Waals surface area contributed by atoms with Crippen LogP contribution in [0.1, 0.15) is 24.0 Å². The summed E-state index contributed by atoms with van der Waals surface area (Å²) >= 11 is 8.10. The molecule has 0 aromatic heterocycles. The topological polar surface area (TPSA) is 82.1 Å². The third-order valence-electron chi connectivity index (χ3n) is 7.03. The van der Waals surface area contributed by atoms with Crippen LogP contribution in [0.5, 0.6) is 0 Å². The molecule has 1 fully saturated rings. The molecular weight excluding hydrogens is 522 g/mol. The minimum atomic E-state index is -1.57. The number of aliphatic hydroxyl groups excluding tert-OH is 1. The van der Waals surface area contributed by atoms with Gasteiger partial charge in [-0.1, -0.05) is 59.1 Å². The van der Waals surface area contributed by atoms with Crippen LogP contribution in [0.3, 0.4) is 0 Å². The molecule has 2 N–H and O–H groups in total. The van der Waals surface area contributed by atoms with Crippen molar-refractivity contribution in [2.45, 2.75) is 43.6 Å². The quantitative estimate of drug-likeness (QED) is 0.462. The number of ether oxygens (including phenoxy) is 1. The van der Waals surface area contributed by atoms with E-state index in [1.165, 1.54) is 23.8 Å². The van der Waals surface area contributed by atoms with Crippen LogP contribution >= 0.6 is 23.4 Å². The molecule has 0 bridgehead atoms. The van der Waals surface area contributed by atoms with E-state index in [1.807, 2.05) is 24.3 Å². The van der Waals surface area contributed by atoms with Crippen LogP contribution in [0.25, 0.3) is 0 Å². The fourth-order valence-corrected chi connectivity index (χ4v) is 6.35. The molecule has 204 valence electrons. The van der Waals surface area contributed by atoms with Gasteiger partial charge in [0.15, 0.2) is 12.2 Å². The number of para-hydroxylation sites is 1. The van der Waals surface area contributed by atoms with Crippen molar-refractivity contribution in [1.82, 2.24) is 10.2 Å². The maximum atomic E-state index is 13.1. The SMILES string of the molecule is CO[C@@H](C(=O)N1CCN(c2ccccc2Cl)CC1)[C@@H](O)C(=O)NCCC1CC(Cc2cccc(C)c2)=CS1. The standard InChI is InChI=1S/C29H36ClN3O4S/c1-20-6-5-7-21(16-20)17-22-18-23(38-19-22)10-11-31-28(35)26(34)27(37-2)29(36)33-14-12-32(13-15-33)25-9-4-3-8-24(25)30/h3-9,16,19,23,26-27,34H,10-15,17-18H2,1-2H3,(H,31,35)/t23?,26-,27-/m1/s1. The number of piperazine rings is 1. The normalized spacial score (nSPS) is 19.2. The van der Waals surface area contributed by atoms with Gasteiger partial charge in [-0.15, -0.1) is 11.8 Å². The Hall–Kier alpha value is -2.52. The third kappa shape index (κ3) is 7.32. The first-order chi connectivity index (χ1) is 18.4. The summed E-state index contributed by atoms with van der Waals surface area (Å²) in [6, 6.07) is 16.2. The lowest BCUT2D eigenvalue weighted by molar-refractivity contribution is -0.156. The zero-order valence-corrected chi connectivity index (χ0v) is 23.5. The van der Waals surface area contributed by atoms with Crippen LogP contribution in [0.2, 0.25) is 5.02 Å². The molecule has 3 atom stereocenters. The number of allylic oxidation sites excluding steroid dienone is 1. The van der Waals surface area contributed by atoms with Crippen LogP contribution in [-0.2, 0) is 20.7 Å². The first-order valence-electron chi connectivity index (χ1n) is 13.0. The van der Waals surface area contributed by atoms with Gasteiger partial charge in [-0.05, 0) is 49.3 Å². The van der Waals surface area contributed by atoms with Crippen LogP contribution in [0.4, 0.5) is 5.69 Å². The molecular formula is C29H36ClN3O4S. The van der Waals surface area contributed by atoms with E-state index in [4.69, 9.17) is 16.3 Å². The predicted octanol–water partition coefficient (Wildman–Crippen LogP) is 3.81. The molecule has 2 amide bonds. The number of benzene rings is 2. The Morgan fingerprint density at radius 2 is 1.92 bits per heavy atom. The number of anilines is 1. The first kappa shape index (κ1) is 28.5. The number of aliphatic hydroxyl groups is 1. The number of methoxy groups -OCH3 is 1. The van der Waals surface area contributed by atoms with Crippen molar-refractivity contribution in [3.63, 3.8) is 0 Å². The van der Waals surface area contributed by atoms with Crippen molar-refractivity contribution in [2.75, 3.05) is 44.7 Å². The van der Waals surface area contributed by atoms with Gasteiger partial charge in [0.05, 0.1) is 10.7 Å². The Morgan fingerprint density at radius 3 is 2.63 bits per heavy atom. The van der Waals surface area contributed by atoms with E-state index in [0.717, 1.165) is 24.9 Å². The van der Waals surface area contributed by atoms with Crippen molar-refractivity contribution in [3.8, 4) is 0 Å². The molecule has 2 aromatic carbocycles. The van der Waals surface area contributed by atoms with Gasteiger partial charge in [0.2, 0.25) is 0 Å². The zero-order chi connectivity index (χ0) is 27.1. The van der Waals surface area contributed by atoms with Gasteiger partial charge in [-0.3, -0.25) is 9.59 Å². The number of amides is 2. The zero-order valence-electron chi connectivity index (χ0n) is 21.9. The fraction of sp³-hybridized carbons (Fsp3) is 0.448. The molecule has 0 aliphatic carbocycles. The average Bonchev–Trinajstić information content (AvgIpc) is 3.36. The lowest BCUT2D eigenvalue weighted by Gasteiger charge is -2.38. The molecule has 0 radical (unpaired) electrons. The summed E-state index contributed by atoms with van der Waals surface area (Å²) in [6.07, 6.45) is -0.102. The highest BCUT2D eigenvalue weighted by atomic mass is 35.5. The molecule has 7 nitrogen and oxygen atoms in total. The van der Waals surface area contributed by atoms with Crippen LogP contribution < -0.4 is 10.2 Å². The smallest absolute Gasteiger partial charge is 0.255 e. The molecule has 0 saturated carbocycles. The highest BCUT2D eigenvalue weighted by Gasteiger charge is 2.36. The second kappa shape index (κ2) is 13.5. The van der Waals surface area contributed by atoms with Crippen molar-refractivity contribution in [2.24, 2.45) is 0 Å². The summed E-state index contributed by atoms with van der Waals surface area (Å²) < 4.78 is 5.29. The highest BCUT2D eigenvalue weighted by molar-refractivity contribution is 8.03. The minimum Gasteiger partial charge on any atom is -0.380 e. The number of halogens is 1. The lowest BCUT2D eigenvalue weighted by Crippen LogP contribution is -2.56. The maximum Gasteiger partial charge on any atom is 0.255 e. The Labute approximate surface area is 234 Å². The maximum absolute atomic E-state index is 13.1. The van der Waals surface area contributed by atoms with Crippen LogP contribution in [0, 0.1) is 6.92 Å². The van der Waals surface area contributed by atoms with Crippen molar-refractivity contribution < 1.29 is 19.4 Å². The second-order valence-electron chi connectivity index (χ2n) is 9.85. The molecule has 2 aromatic rings. The fourth-order valence-electron chi connectivity index (χ4n) is 4.97. The van der Waals surface area contributed by atoms with Gasteiger partial charge in [-0.2, -0.15) is 0 Å². The van der Waals surface area contributed by atoms with Crippen LogP contribution in [-0.4, -0.2) is 79.1 Å². The number of rotatable bonds is 10. The van der Waals surface area contributed by atoms with Gasteiger partial charge in [0, 0.05) is 45.1 Å². The van der Waals surface area contributed by atoms with Gasteiger partial charge in [0.1, 0.15) is 0 Å². The lowest BCUT2D eigenvalue weighted by atomic mass is 10.0. The predicted molar refractivity (Wildman–Crippen MR) is 154 cm³/mol. The molecule has 4 rings (SSSR count). The summed E-state index contributed by atoms with van der Waals surface area (Å²) in [5.41, 5.74) is 4.91. The largest absolute Gasteiger partial charge is 0.380 e. The monoisotopic (exact) mass is 557 g/mol. The van der Waals surface area contributed by atoms with E-state index in [2.05, 4.69) is 46.8 Å². The summed E-state index contributed by atoms with van der Waals surface area (Å²) in [7, 11) is 1.34. The number of thioether (sulfide) groups is 1. The summed E-state index contributed by atoms with van der Waals surface area (Å²) in [5, 5.41) is 16.7. The van der Waals surface area contributed by atoms with Crippen molar-refractivity contribution in [3.05, 3.63) is 75.7 Å². The third-order valence-corrected chi connectivity index (χ3v) is 8.61. The van der Waals surface area contributed by atoms with Crippen LogP contribution in [0.15, 0.2) is 59.5 Å². The van der Waals surface area contributed by atoms with E-state index >= 15 is 0 Å². The van der Waals surface area contributed by atoms with Gasteiger partial charge in [-0.25, -0.2) is 0 Å². The van der Waals surface area contributed by atoms with E-state index in [-0.39, 0.29) is 5.91 Å². The Bertz CT molecular complexity index is 1150. The Morgan fingerprint density at radius 1 is 1.16 bits per heavy atom. The van der Waals surface area contributed by atoms with E-state index in [0.29, 0.717) is 43.0 Å². The van der Waals surface area contributed by atoms with Crippen molar-refractivity contribution >= 4 is 40.9 Å². The number of carbonyl (C=O) groups is 2. The molecule has 2 aliphatic heterocycles. The molecule has 38 heavy (non-hydrogen) atoms. The Balaban J connectivity index is 1.19. The number of hydrogen-bond donors (Lipinski definition) is 2. The molecule has 2 heterocycles. The molecule has 9 heteroatoms. The molecule has 1 unspecified atom stereocenters.